The number of nitrogens with one attached hydrogen (secondary N) is 2. The average Bonchev–Trinajstić information content (AvgIpc) is 3.21. The molecule has 0 radical (unpaired) electrons. The SMILES string of the molecule is C=C(/C=C\C=C(/Nc1ccccc1)c1cccc2c1Sc1ccccc1C21c2ccccc2Sc2cc(C3=CC=CCN3)ccc21)c1ccccc1. The molecule has 2 N–H and O–H groups in total. The highest BCUT2D eigenvalue weighted by atomic mass is 32.2. The molecule has 3 aliphatic rings. The summed E-state index contributed by atoms with van der Waals surface area (Å²) in [6, 6.07) is 52.7. The predicted octanol–water partition coefficient (Wildman–Crippen LogP) is 12.2. The third kappa shape index (κ3) is 5.65. The number of hydrogen-bond donors (Lipinski definition) is 2. The van der Waals surface area contributed by atoms with E-state index in [0.29, 0.717) is 0 Å². The van der Waals surface area contributed by atoms with Gasteiger partial charge in [0.2, 0.25) is 0 Å². The zero-order valence-corrected chi connectivity index (χ0v) is 30.2. The standard InChI is InChI=1S/C48H36N2S2/c1-33(34-17-4-2-5-18-34)16-14-26-43(50-36-19-6-3-7-20-36)37-21-15-24-41-47(37)52-45-28-11-9-23-39(45)48(41)38-22-8-10-27-44(38)51-46-32-35(29-30-40(46)48)42-25-12-13-31-49-42/h2-30,32,49-50H,1,31H2/b16-14-,43-26-. The molecule has 0 bridgehead atoms. The van der Waals surface area contributed by atoms with Crippen molar-refractivity contribution in [3.63, 3.8) is 0 Å². The first-order chi connectivity index (χ1) is 25.7. The molecule has 1 spiro atoms. The summed E-state index contributed by atoms with van der Waals surface area (Å²) in [6.07, 6.45) is 12.9. The molecule has 52 heavy (non-hydrogen) atoms. The van der Waals surface area contributed by atoms with Gasteiger partial charge in [-0.1, -0.05) is 170 Å². The summed E-state index contributed by atoms with van der Waals surface area (Å²) in [5.74, 6) is 0. The Balaban J connectivity index is 1.26. The molecule has 3 heterocycles. The van der Waals surface area contributed by atoms with Crippen LogP contribution in [0.3, 0.4) is 0 Å². The van der Waals surface area contributed by atoms with E-state index < -0.39 is 5.41 Å². The minimum atomic E-state index is -0.507. The Bertz CT molecular complexity index is 2440. The summed E-state index contributed by atoms with van der Waals surface area (Å²) >= 11 is 3.75. The molecule has 0 saturated carbocycles. The zero-order chi connectivity index (χ0) is 34.9. The molecule has 6 aromatic carbocycles. The molecule has 0 aromatic heterocycles. The zero-order valence-electron chi connectivity index (χ0n) is 28.6. The molecule has 4 heteroatoms. The Morgan fingerprint density at radius 1 is 0.673 bits per heavy atom. The molecule has 0 amide bonds. The number of benzene rings is 6. The van der Waals surface area contributed by atoms with E-state index in [1.165, 1.54) is 47.4 Å². The summed E-state index contributed by atoms with van der Waals surface area (Å²) in [5.41, 5.74) is 12.4. The van der Waals surface area contributed by atoms with Gasteiger partial charge in [0.05, 0.1) is 5.41 Å². The lowest BCUT2D eigenvalue weighted by atomic mass is 9.64. The number of hydrogen-bond acceptors (Lipinski definition) is 4. The molecule has 0 fully saturated rings. The van der Waals surface area contributed by atoms with Crippen molar-refractivity contribution in [3.05, 3.63) is 228 Å². The van der Waals surface area contributed by atoms with Gasteiger partial charge in [0.1, 0.15) is 0 Å². The van der Waals surface area contributed by atoms with Crippen LogP contribution in [0.4, 0.5) is 5.69 Å². The second-order valence-corrected chi connectivity index (χ2v) is 15.2. The number of anilines is 1. The van der Waals surface area contributed by atoms with Crippen molar-refractivity contribution in [2.45, 2.75) is 25.0 Å². The Hall–Kier alpha value is -5.68. The highest BCUT2D eigenvalue weighted by molar-refractivity contribution is 8.00. The normalized spacial score (nSPS) is 17.0. The monoisotopic (exact) mass is 704 g/mol. The lowest BCUT2D eigenvalue weighted by Crippen LogP contribution is -2.37. The van der Waals surface area contributed by atoms with E-state index in [9.17, 15) is 0 Å². The van der Waals surface area contributed by atoms with Crippen molar-refractivity contribution in [2.75, 3.05) is 11.9 Å². The summed E-state index contributed by atoms with van der Waals surface area (Å²) in [6.45, 7) is 5.20. The summed E-state index contributed by atoms with van der Waals surface area (Å²) in [4.78, 5) is 5.10. The first kappa shape index (κ1) is 32.2. The predicted molar refractivity (Wildman–Crippen MR) is 221 cm³/mol. The van der Waals surface area contributed by atoms with Gasteiger partial charge in [0.25, 0.3) is 0 Å². The topological polar surface area (TPSA) is 24.1 Å². The van der Waals surface area contributed by atoms with E-state index in [2.05, 4.69) is 193 Å². The Morgan fingerprint density at radius 3 is 2.10 bits per heavy atom. The third-order valence-electron chi connectivity index (χ3n) is 9.99. The molecule has 6 aromatic rings. The fourth-order valence-electron chi connectivity index (χ4n) is 7.61. The molecule has 9 rings (SSSR count). The number of rotatable bonds is 7. The molecular weight excluding hydrogens is 669 g/mol. The molecule has 0 saturated heterocycles. The average molecular weight is 705 g/mol. The minimum Gasteiger partial charge on any atom is -0.381 e. The van der Waals surface area contributed by atoms with Crippen LogP contribution in [-0.2, 0) is 5.41 Å². The molecular formula is C48H36N2S2. The van der Waals surface area contributed by atoms with Crippen molar-refractivity contribution in [1.29, 1.82) is 0 Å². The highest BCUT2D eigenvalue weighted by Gasteiger charge is 2.49. The van der Waals surface area contributed by atoms with Crippen molar-refractivity contribution in [1.82, 2.24) is 5.32 Å². The van der Waals surface area contributed by atoms with Crippen LogP contribution in [0, 0.1) is 0 Å². The van der Waals surface area contributed by atoms with Gasteiger partial charge in [-0.05, 0) is 81.4 Å². The summed E-state index contributed by atoms with van der Waals surface area (Å²) in [5, 5.41) is 7.37. The second kappa shape index (κ2) is 13.8. The van der Waals surface area contributed by atoms with Crippen molar-refractivity contribution >= 4 is 46.2 Å². The Kier molecular flexibility index (Phi) is 8.56. The van der Waals surface area contributed by atoms with Crippen LogP contribution in [0.1, 0.15) is 38.9 Å². The van der Waals surface area contributed by atoms with Gasteiger partial charge in [0, 0.05) is 48.8 Å². The van der Waals surface area contributed by atoms with Crippen LogP contribution in [0.15, 0.2) is 208 Å². The van der Waals surface area contributed by atoms with E-state index in [4.69, 9.17) is 0 Å². The summed E-state index contributed by atoms with van der Waals surface area (Å²) < 4.78 is 0. The maximum atomic E-state index is 4.36. The summed E-state index contributed by atoms with van der Waals surface area (Å²) in [7, 11) is 0. The van der Waals surface area contributed by atoms with Crippen LogP contribution in [0.5, 0.6) is 0 Å². The largest absolute Gasteiger partial charge is 0.381 e. The van der Waals surface area contributed by atoms with Gasteiger partial charge < -0.3 is 10.6 Å². The highest BCUT2D eigenvalue weighted by Crippen LogP contribution is 2.62. The smallest absolute Gasteiger partial charge is 0.0745 e. The molecule has 250 valence electrons. The Labute approximate surface area is 314 Å². The van der Waals surface area contributed by atoms with E-state index in [0.717, 1.165) is 40.3 Å². The van der Waals surface area contributed by atoms with E-state index >= 15 is 0 Å². The van der Waals surface area contributed by atoms with E-state index in [1.807, 2.05) is 29.6 Å². The fourth-order valence-corrected chi connectivity index (χ4v) is 10.2. The molecule has 3 aliphatic heterocycles. The van der Waals surface area contributed by atoms with Crippen LogP contribution in [-0.4, -0.2) is 6.54 Å². The molecule has 0 aliphatic carbocycles. The maximum Gasteiger partial charge on any atom is 0.0745 e. The van der Waals surface area contributed by atoms with Crippen molar-refractivity contribution in [2.24, 2.45) is 0 Å². The van der Waals surface area contributed by atoms with Gasteiger partial charge in [-0.2, -0.15) is 0 Å². The van der Waals surface area contributed by atoms with Gasteiger partial charge in [-0.25, -0.2) is 0 Å². The third-order valence-corrected chi connectivity index (χ3v) is 12.3. The number of allylic oxidation sites excluding steroid dienone is 6. The van der Waals surface area contributed by atoms with Crippen molar-refractivity contribution in [3.8, 4) is 0 Å². The van der Waals surface area contributed by atoms with Gasteiger partial charge in [-0.3, -0.25) is 0 Å². The molecule has 1 unspecified atom stereocenters. The number of dihydropyridines is 1. The van der Waals surface area contributed by atoms with Gasteiger partial charge in [-0.15, -0.1) is 0 Å². The van der Waals surface area contributed by atoms with Crippen molar-refractivity contribution < 1.29 is 0 Å². The lowest BCUT2D eigenvalue weighted by Gasteiger charge is -2.46. The minimum absolute atomic E-state index is 0.507. The molecule has 2 nitrogen and oxygen atoms in total. The van der Waals surface area contributed by atoms with Crippen LogP contribution >= 0.6 is 23.5 Å². The fraction of sp³-hybridized carbons (Fsp3) is 0.0417. The maximum absolute atomic E-state index is 4.36. The lowest BCUT2D eigenvalue weighted by molar-refractivity contribution is 0.666. The number of fused-ring (bicyclic) bond motifs is 8. The quantitative estimate of drug-likeness (QED) is 0.161. The van der Waals surface area contributed by atoms with Crippen LogP contribution in [0.25, 0.3) is 17.0 Å². The molecule has 1 atom stereocenters. The first-order valence-electron chi connectivity index (χ1n) is 17.6. The second-order valence-electron chi connectivity index (χ2n) is 13.1. The Morgan fingerprint density at radius 2 is 1.35 bits per heavy atom. The van der Waals surface area contributed by atoms with Crippen LogP contribution in [0.2, 0.25) is 0 Å². The van der Waals surface area contributed by atoms with E-state index in [-0.39, 0.29) is 0 Å². The first-order valence-corrected chi connectivity index (χ1v) is 19.2. The van der Waals surface area contributed by atoms with Gasteiger partial charge in [0.15, 0.2) is 0 Å². The van der Waals surface area contributed by atoms with E-state index in [1.54, 1.807) is 0 Å². The van der Waals surface area contributed by atoms with Crippen LogP contribution < -0.4 is 10.6 Å². The van der Waals surface area contributed by atoms with Gasteiger partial charge >= 0.3 is 0 Å². The number of para-hydroxylation sites is 1.